The number of fused-ring (bicyclic) bond motifs is 1. The monoisotopic (exact) mass is 370 g/mol. The molecule has 3 aromatic rings. The second-order valence-electron chi connectivity index (χ2n) is 6.08. The van der Waals surface area contributed by atoms with Crippen LogP contribution in [0, 0.1) is 0 Å². The number of carbonyl (C=O) groups is 2. The van der Waals surface area contributed by atoms with Crippen molar-refractivity contribution in [3.63, 3.8) is 0 Å². The molecule has 8 nitrogen and oxygen atoms in total. The Bertz CT molecular complexity index is 914. The van der Waals surface area contributed by atoms with Gasteiger partial charge in [-0.3, -0.25) is 10.1 Å². The number of hydrogen-bond acceptors (Lipinski definition) is 5. The van der Waals surface area contributed by atoms with E-state index in [-0.39, 0.29) is 11.9 Å². The van der Waals surface area contributed by atoms with Gasteiger partial charge in [0.25, 0.3) is 0 Å². The Balaban J connectivity index is 1.32. The first-order chi connectivity index (χ1) is 12.7. The van der Waals surface area contributed by atoms with Crippen LogP contribution in [0.2, 0.25) is 0 Å². The Hall–Kier alpha value is -2.94. The van der Waals surface area contributed by atoms with Crippen LogP contribution in [0.25, 0.3) is 10.9 Å². The molecule has 1 aliphatic rings. The van der Waals surface area contributed by atoms with Crippen molar-refractivity contribution >= 4 is 39.3 Å². The highest BCUT2D eigenvalue weighted by atomic mass is 32.1. The van der Waals surface area contributed by atoms with Gasteiger partial charge in [-0.2, -0.15) is 0 Å². The summed E-state index contributed by atoms with van der Waals surface area (Å²) in [7, 11) is 0. The summed E-state index contributed by atoms with van der Waals surface area (Å²) in [5.41, 5.74) is 3.60. The number of H-pyrrole nitrogens is 1. The third-order valence-electron chi connectivity index (χ3n) is 4.51. The molecular weight excluding hydrogens is 352 g/mol. The fourth-order valence-corrected chi connectivity index (χ4v) is 3.54. The molecule has 3 amide bonds. The van der Waals surface area contributed by atoms with E-state index >= 15 is 0 Å². The lowest BCUT2D eigenvalue weighted by Gasteiger charge is -2.34. The molecule has 26 heavy (non-hydrogen) atoms. The number of carbonyl (C=O) groups excluding carboxylic acids is 2. The van der Waals surface area contributed by atoms with E-state index in [1.165, 1.54) is 11.3 Å². The number of aromatic nitrogens is 3. The second kappa shape index (κ2) is 7.12. The molecule has 2 aromatic heterocycles. The fourth-order valence-electron chi connectivity index (χ4n) is 3.11. The van der Waals surface area contributed by atoms with E-state index < -0.39 is 0 Å². The predicted octanol–water partition coefficient (Wildman–Crippen LogP) is 1.94. The first kappa shape index (κ1) is 16.5. The van der Waals surface area contributed by atoms with Crippen molar-refractivity contribution in [2.24, 2.45) is 0 Å². The number of anilines is 1. The lowest BCUT2D eigenvalue weighted by molar-refractivity contribution is -0.131. The third kappa shape index (κ3) is 3.38. The number of hydrogen-bond donors (Lipinski definition) is 2. The molecule has 0 unspecified atom stereocenters. The van der Waals surface area contributed by atoms with Crippen LogP contribution in [0.4, 0.5) is 9.93 Å². The number of piperazine rings is 1. The van der Waals surface area contributed by atoms with Crippen LogP contribution in [0.3, 0.4) is 0 Å². The number of rotatable bonds is 3. The fraction of sp³-hybridized carbons (Fsp3) is 0.294. The molecule has 0 atom stereocenters. The molecule has 1 aliphatic heterocycles. The Morgan fingerprint density at radius 1 is 1.15 bits per heavy atom. The molecule has 134 valence electrons. The van der Waals surface area contributed by atoms with Gasteiger partial charge in [0.1, 0.15) is 5.51 Å². The third-order valence-corrected chi connectivity index (χ3v) is 5.12. The average molecular weight is 370 g/mol. The highest BCUT2D eigenvalue weighted by Crippen LogP contribution is 2.19. The molecule has 1 aromatic carbocycles. The molecule has 1 saturated heterocycles. The number of aromatic amines is 1. The number of para-hydroxylation sites is 1. The van der Waals surface area contributed by atoms with Gasteiger partial charge in [0.05, 0.1) is 6.42 Å². The van der Waals surface area contributed by atoms with Crippen LogP contribution in [-0.2, 0) is 11.2 Å². The summed E-state index contributed by atoms with van der Waals surface area (Å²) in [5, 5.41) is 11.8. The van der Waals surface area contributed by atoms with E-state index in [0.717, 1.165) is 16.5 Å². The summed E-state index contributed by atoms with van der Waals surface area (Å²) < 4.78 is 0. The molecule has 0 radical (unpaired) electrons. The van der Waals surface area contributed by atoms with E-state index in [2.05, 4.69) is 20.5 Å². The first-order valence-electron chi connectivity index (χ1n) is 8.35. The van der Waals surface area contributed by atoms with Crippen molar-refractivity contribution in [2.75, 3.05) is 31.5 Å². The van der Waals surface area contributed by atoms with Gasteiger partial charge in [-0.1, -0.05) is 29.5 Å². The van der Waals surface area contributed by atoms with Crippen LogP contribution in [-0.4, -0.2) is 63.1 Å². The quantitative estimate of drug-likeness (QED) is 0.737. The van der Waals surface area contributed by atoms with Crippen LogP contribution in [0.5, 0.6) is 0 Å². The molecular formula is C17H18N6O2S. The highest BCUT2D eigenvalue weighted by molar-refractivity contribution is 7.13. The van der Waals surface area contributed by atoms with Crippen molar-refractivity contribution in [1.29, 1.82) is 0 Å². The zero-order valence-corrected chi connectivity index (χ0v) is 14.8. The Kier molecular flexibility index (Phi) is 4.53. The molecule has 0 bridgehead atoms. The minimum Gasteiger partial charge on any atom is -0.361 e. The number of amides is 3. The summed E-state index contributed by atoms with van der Waals surface area (Å²) in [5.74, 6) is 0.0823. The van der Waals surface area contributed by atoms with E-state index in [1.54, 1.807) is 10.4 Å². The van der Waals surface area contributed by atoms with E-state index in [9.17, 15) is 9.59 Å². The number of urea groups is 1. The van der Waals surface area contributed by atoms with Gasteiger partial charge in [-0.15, -0.1) is 10.2 Å². The molecule has 0 saturated carbocycles. The normalized spacial score (nSPS) is 14.6. The molecule has 2 N–H and O–H groups in total. The summed E-state index contributed by atoms with van der Waals surface area (Å²) >= 11 is 1.28. The summed E-state index contributed by atoms with van der Waals surface area (Å²) in [6.45, 7) is 2.07. The largest absolute Gasteiger partial charge is 0.361 e. The summed E-state index contributed by atoms with van der Waals surface area (Å²) in [4.78, 5) is 31.5. The van der Waals surface area contributed by atoms with Gasteiger partial charge in [-0.05, 0) is 11.6 Å². The Morgan fingerprint density at radius 2 is 1.92 bits per heavy atom. The van der Waals surface area contributed by atoms with Gasteiger partial charge in [0.2, 0.25) is 11.0 Å². The first-order valence-corrected chi connectivity index (χ1v) is 9.23. The lowest BCUT2D eigenvalue weighted by atomic mass is 10.1. The predicted molar refractivity (Wildman–Crippen MR) is 99.1 cm³/mol. The van der Waals surface area contributed by atoms with Gasteiger partial charge in [-0.25, -0.2) is 4.79 Å². The van der Waals surface area contributed by atoms with Crippen LogP contribution in [0.15, 0.2) is 36.0 Å². The van der Waals surface area contributed by atoms with Crippen LogP contribution in [0.1, 0.15) is 5.56 Å². The van der Waals surface area contributed by atoms with Crippen molar-refractivity contribution in [3.8, 4) is 0 Å². The number of nitrogens with one attached hydrogen (secondary N) is 2. The second-order valence-corrected chi connectivity index (χ2v) is 6.91. The van der Waals surface area contributed by atoms with Gasteiger partial charge >= 0.3 is 6.03 Å². The minimum absolute atomic E-state index is 0.0823. The maximum Gasteiger partial charge on any atom is 0.323 e. The molecule has 0 spiro atoms. The van der Waals surface area contributed by atoms with E-state index in [0.29, 0.717) is 37.7 Å². The van der Waals surface area contributed by atoms with E-state index in [4.69, 9.17) is 0 Å². The van der Waals surface area contributed by atoms with Crippen molar-refractivity contribution < 1.29 is 9.59 Å². The zero-order chi connectivity index (χ0) is 17.9. The zero-order valence-electron chi connectivity index (χ0n) is 14.0. The van der Waals surface area contributed by atoms with E-state index in [1.807, 2.05) is 35.4 Å². The minimum atomic E-state index is -0.203. The molecule has 0 aliphatic carbocycles. The maximum absolute atomic E-state index is 12.6. The molecule has 1 fully saturated rings. The lowest BCUT2D eigenvalue weighted by Crippen LogP contribution is -2.52. The van der Waals surface area contributed by atoms with Crippen molar-refractivity contribution in [3.05, 3.63) is 41.5 Å². The topological polar surface area (TPSA) is 94.2 Å². The molecule has 3 heterocycles. The van der Waals surface area contributed by atoms with Gasteiger partial charge in [0.15, 0.2) is 0 Å². The van der Waals surface area contributed by atoms with Gasteiger partial charge < -0.3 is 14.8 Å². The highest BCUT2D eigenvalue weighted by Gasteiger charge is 2.25. The smallest absolute Gasteiger partial charge is 0.323 e. The number of nitrogens with zero attached hydrogens (tertiary/aromatic N) is 4. The van der Waals surface area contributed by atoms with Gasteiger partial charge in [0, 0.05) is 43.3 Å². The molecule has 4 rings (SSSR count). The van der Waals surface area contributed by atoms with Crippen molar-refractivity contribution in [1.82, 2.24) is 25.0 Å². The van der Waals surface area contributed by atoms with Crippen LogP contribution < -0.4 is 5.32 Å². The Labute approximate surface area is 153 Å². The average Bonchev–Trinajstić information content (AvgIpc) is 3.32. The standard InChI is InChI=1S/C17H18N6O2S/c24-15(9-12-10-18-14-4-2-1-3-13(12)14)22-5-7-23(8-6-22)17(25)20-16-21-19-11-26-16/h1-4,10-11,18H,5-9H2,(H,20,21,25). The number of benzene rings is 1. The summed E-state index contributed by atoms with van der Waals surface area (Å²) in [6, 6.07) is 7.75. The Morgan fingerprint density at radius 3 is 2.69 bits per heavy atom. The maximum atomic E-state index is 12.6. The molecule has 9 heteroatoms. The van der Waals surface area contributed by atoms with Crippen molar-refractivity contribution in [2.45, 2.75) is 6.42 Å². The SMILES string of the molecule is O=C(Cc1c[nH]c2ccccc12)N1CCN(C(=O)Nc2nncs2)CC1. The summed E-state index contributed by atoms with van der Waals surface area (Å²) in [6.07, 6.45) is 2.26. The van der Waals surface area contributed by atoms with Crippen LogP contribution >= 0.6 is 11.3 Å².